The van der Waals surface area contributed by atoms with Crippen molar-refractivity contribution in [2.24, 2.45) is 5.73 Å². The van der Waals surface area contributed by atoms with E-state index >= 15 is 0 Å². The molecule has 0 unspecified atom stereocenters. The lowest BCUT2D eigenvalue weighted by molar-refractivity contribution is 0.634. The fourth-order valence-electron chi connectivity index (χ4n) is 2.45. The Labute approximate surface area is 97.8 Å². The van der Waals surface area contributed by atoms with Crippen LogP contribution in [-0.4, -0.2) is 14.6 Å². The standard InChI is InChI=1S/C13H31NSi/c1-4-15(5-2,6-3)13-11-9-7-8-10-12-14/h4-14H2,1-3H3. The van der Waals surface area contributed by atoms with Crippen LogP contribution in [0.1, 0.15) is 52.9 Å². The highest BCUT2D eigenvalue weighted by molar-refractivity contribution is 6.79. The number of unbranched alkanes of at least 4 members (excludes halogenated alkanes) is 4. The zero-order valence-electron chi connectivity index (χ0n) is 11.1. The molecule has 0 radical (unpaired) electrons. The molecule has 92 valence electrons. The van der Waals surface area contributed by atoms with Crippen LogP contribution in [0.25, 0.3) is 0 Å². The molecular formula is C13H31NSi. The SMILES string of the molecule is CC[Si](CC)(CC)CCCCCCCN. The van der Waals surface area contributed by atoms with Gasteiger partial charge in [-0.2, -0.15) is 0 Å². The average Bonchev–Trinajstić information content (AvgIpc) is 2.29. The minimum Gasteiger partial charge on any atom is -0.330 e. The highest BCUT2D eigenvalue weighted by atomic mass is 28.3. The van der Waals surface area contributed by atoms with Gasteiger partial charge in [0.1, 0.15) is 0 Å². The normalized spacial score (nSPS) is 12.0. The summed E-state index contributed by atoms with van der Waals surface area (Å²) in [5, 5.41) is 0. The summed E-state index contributed by atoms with van der Waals surface area (Å²) >= 11 is 0. The Morgan fingerprint density at radius 3 is 1.67 bits per heavy atom. The van der Waals surface area contributed by atoms with Crippen molar-refractivity contribution in [1.82, 2.24) is 0 Å². The summed E-state index contributed by atoms with van der Waals surface area (Å²) in [5.74, 6) is 0. The Morgan fingerprint density at radius 1 is 0.733 bits per heavy atom. The van der Waals surface area contributed by atoms with Gasteiger partial charge in [-0.05, 0) is 13.0 Å². The lowest BCUT2D eigenvalue weighted by atomic mass is 10.2. The Morgan fingerprint density at radius 2 is 1.20 bits per heavy atom. The van der Waals surface area contributed by atoms with Crippen molar-refractivity contribution in [1.29, 1.82) is 0 Å². The van der Waals surface area contributed by atoms with E-state index in [0.717, 1.165) is 6.54 Å². The lowest BCUT2D eigenvalue weighted by Crippen LogP contribution is -2.30. The predicted molar refractivity (Wildman–Crippen MR) is 74.1 cm³/mol. The fraction of sp³-hybridized carbons (Fsp3) is 1.00. The van der Waals surface area contributed by atoms with Crippen LogP contribution in [0.5, 0.6) is 0 Å². The van der Waals surface area contributed by atoms with E-state index in [2.05, 4.69) is 20.8 Å². The van der Waals surface area contributed by atoms with Crippen LogP contribution in [0.4, 0.5) is 0 Å². The monoisotopic (exact) mass is 229 g/mol. The van der Waals surface area contributed by atoms with E-state index in [1.54, 1.807) is 6.04 Å². The molecule has 0 amide bonds. The molecule has 0 saturated carbocycles. The fourth-order valence-corrected chi connectivity index (χ4v) is 6.02. The van der Waals surface area contributed by atoms with Gasteiger partial charge in [-0.15, -0.1) is 0 Å². The Bertz CT molecular complexity index is 124. The van der Waals surface area contributed by atoms with E-state index in [1.807, 2.05) is 0 Å². The van der Waals surface area contributed by atoms with Crippen LogP contribution in [-0.2, 0) is 0 Å². The Balaban J connectivity index is 3.54. The molecule has 0 bridgehead atoms. The maximum atomic E-state index is 5.48. The van der Waals surface area contributed by atoms with Crippen molar-refractivity contribution in [3.05, 3.63) is 0 Å². The molecule has 0 spiro atoms. The number of nitrogens with two attached hydrogens (primary N) is 1. The molecule has 0 aliphatic heterocycles. The molecule has 0 atom stereocenters. The predicted octanol–water partition coefficient (Wildman–Crippen LogP) is 4.40. The van der Waals surface area contributed by atoms with Crippen molar-refractivity contribution < 1.29 is 0 Å². The third-order valence-electron chi connectivity index (χ3n) is 4.16. The summed E-state index contributed by atoms with van der Waals surface area (Å²) in [6.45, 7) is 8.10. The number of hydrogen-bond acceptors (Lipinski definition) is 1. The molecule has 0 fully saturated rings. The lowest BCUT2D eigenvalue weighted by Gasteiger charge is -2.28. The van der Waals surface area contributed by atoms with E-state index in [4.69, 9.17) is 5.73 Å². The van der Waals surface area contributed by atoms with Gasteiger partial charge >= 0.3 is 0 Å². The average molecular weight is 229 g/mol. The highest BCUT2D eigenvalue weighted by Gasteiger charge is 2.25. The van der Waals surface area contributed by atoms with E-state index in [0.29, 0.717) is 0 Å². The first-order valence-corrected chi connectivity index (χ1v) is 9.77. The molecule has 0 aliphatic carbocycles. The second-order valence-electron chi connectivity index (χ2n) is 4.87. The summed E-state index contributed by atoms with van der Waals surface area (Å²) in [4.78, 5) is 0. The zero-order chi connectivity index (χ0) is 11.6. The van der Waals surface area contributed by atoms with Gasteiger partial charge in [-0.3, -0.25) is 0 Å². The molecular weight excluding hydrogens is 198 g/mol. The van der Waals surface area contributed by atoms with Crippen molar-refractivity contribution in [3.8, 4) is 0 Å². The summed E-state index contributed by atoms with van der Waals surface area (Å²) in [6.07, 6.45) is 6.88. The first kappa shape index (κ1) is 15.2. The van der Waals surface area contributed by atoms with Crippen LogP contribution in [0, 0.1) is 0 Å². The van der Waals surface area contributed by atoms with Crippen molar-refractivity contribution in [3.63, 3.8) is 0 Å². The third kappa shape index (κ3) is 6.36. The number of hydrogen-bond donors (Lipinski definition) is 1. The van der Waals surface area contributed by atoms with Gasteiger partial charge in [0.2, 0.25) is 0 Å². The molecule has 2 heteroatoms. The van der Waals surface area contributed by atoms with Gasteiger partial charge in [0, 0.05) is 0 Å². The molecule has 0 aromatic carbocycles. The smallest absolute Gasteiger partial charge is 0.0527 e. The Kier molecular flexibility index (Phi) is 9.52. The molecule has 1 nitrogen and oxygen atoms in total. The topological polar surface area (TPSA) is 26.0 Å². The maximum Gasteiger partial charge on any atom is 0.0527 e. The van der Waals surface area contributed by atoms with Gasteiger partial charge in [0.05, 0.1) is 8.07 Å². The van der Waals surface area contributed by atoms with E-state index in [1.165, 1.54) is 50.2 Å². The molecule has 0 rings (SSSR count). The van der Waals surface area contributed by atoms with E-state index in [9.17, 15) is 0 Å². The maximum absolute atomic E-state index is 5.48. The van der Waals surface area contributed by atoms with Crippen LogP contribution < -0.4 is 5.73 Å². The molecule has 0 aromatic rings. The highest BCUT2D eigenvalue weighted by Crippen LogP contribution is 2.27. The second kappa shape index (κ2) is 9.41. The van der Waals surface area contributed by atoms with E-state index in [-0.39, 0.29) is 0 Å². The summed E-state index contributed by atoms with van der Waals surface area (Å²) < 4.78 is 0. The van der Waals surface area contributed by atoms with Crippen LogP contribution in [0.15, 0.2) is 0 Å². The van der Waals surface area contributed by atoms with Gasteiger partial charge in [0.15, 0.2) is 0 Å². The first-order chi connectivity index (χ1) is 7.24. The largest absolute Gasteiger partial charge is 0.330 e. The molecule has 0 aromatic heterocycles. The van der Waals surface area contributed by atoms with Crippen LogP contribution in [0.3, 0.4) is 0 Å². The van der Waals surface area contributed by atoms with Crippen molar-refractivity contribution >= 4 is 8.07 Å². The van der Waals surface area contributed by atoms with Crippen LogP contribution in [0.2, 0.25) is 24.2 Å². The summed E-state index contributed by atoms with van der Waals surface area (Å²) in [5.41, 5.74) is 5.48. The number of rotatable bonds is 10. The third-order valence-corrected chi connectivity index (χ3v) is 10.1. The molecule has 0 aliphatic rings. The van der Waals surface area contributed by atoms with Gasteiger partial charge < -0.3 is 5.73 Å². The minimum atomic E-state index is -0.811. The summed E-state index contributed by atoms with van der Waals surface area (Å²) in [6, 6.07) is 6.04. The van der Waals surface area contributed by atoms with Crippen molar-refractivity contribution in [2.75, 3.05) is 6.54 Å². The summed E-state index contributed by atoms with van der Waals surface area (Å²) in [7, 11) is -0.811. The molecule has 15 heavy (non-hydrogen) atoms. The van der Waals surface area contributed by atoms with Crippen molar-refractivity contribution in [2.45, 2.75) is 77.1 Å². The zero-order valence-corrected chi connectivity index (χ0v) is 12.1. The van der Waals surface area contributed by atoms with Gasteiger partial charge in [0.25, 0.3) is 0 Å². The second-order valence-corrected chi connectivity index (χ2v) is 10.5. The van der Waals surface area contributed by atoms with Crippen LogP contribution >= 0.6 is 0 Å². The Hall–Kier alpha value is 0.177. The molecule has 2 N–H and O–H groups in total. The molecule has 0 heterocycles. The van der Waals surface area contributed by atoms with Gasteiger partial charge in [-0.25, -0.2) is 0 Å². The quantitative estimate of drug-likeness (QED) is 0.436. The minimum absolute atomic E-state index is 0.811. The molecule has 0 saturated heterocycles. The van der Waals surface area contributed by atoms with Gasteiger partial charge in [-0.1, -0.05) is 70.6 Å². The van der Waals surface area contributed by atoms with E-state index < -0.39 is 8.07 Å². The first-order valence-electron chi connectivity index (χ1n) is 6.94.